The van der Waals surface area contributed by atoms with Crippen LogP contribution >= 0.6 is 0 Å². The highest BCUT2D eigenvalue weighted by atomic mass is 16.5. The quantitative estimate of drug-likeness (QED) is 0.217. The zero-order valence-electron chi connectivity index (χ0n) is 18.0. The van der Waals surface area contributed by atoms with Gasteiger partial charge in [-0.05, 0) is 13.5 Å². The third-order valence-corrected chi connectivity index (χ3v) is 5.12. The van der Waals surface area contributed by atoms with E-state index < -0.39 is 0 Å². The second-order valence-electron chi connectivity index (χ2n) is 7.57. The largest absolute Gasteiger partial charge is 0.395 e. The van der Waals surface area contributed by atoms with Gasteiger partial charge in [0.25, 0.3) is 0 Å². The van der Waals surface area contributed by atoms with Gasteiger partial charge in [0.1, 0.15) is 6.23 Å². The Morgan fingerprint density at radius 2 is 1.23 bits per heavy atom. The lowest BCUT2D eigenvalue weighted by Crippen LogP contribution is -2.38. The molecule has 1 atom stereocenters. The van der Waals surface area contributed by atoms with Crippen molar-refractivity contribution in [2.24, 2.45) is 0 Å². The highest BCUT2D eigenvalue weighted by molar-refractivity contribution is 4.57. The van der Waals surface area contributed by atoms with E-state index >= 15 is 0 Å². The van der Waals surface area contributed by atoms with Crippen molar-refractivity contribution in [3.63, 3.8) is 0 Å². The second kappa shape index (κ2) is 21.1. The Hall–Kier alpha value is -0.160. The number of unbranched alkanes of at least 4 members (excludes halogenated alkanes) is 13. The van der Waals surface area contributed by atoms with Gasteiger partial charge < -0.3 is 14.6 Å². The fourth-order valence-corrected chi connectivity index (χ4v) is 3.26. The number of aliphatic hydroxyl groups excluding tert-OH is 1. The first-order chi connectivity index (χ1) is 12.8. The highest BCUT2D eigenvalue weighted by Gasteiger charge is 2.12. The van der Waals surface area contributed by atoms with E-state index in [0.29, 0.717) is 13.2 Å². The average Bonchev–Trinajstić information content (AvgIpc) is 2.64. The first kappa shape index (κ1) is 25.8. The van der Waals surface area contributed by atoms with Crippen LogP contribution < -0.4 is 0 Å². The van der Waals surface area contributed by atoms with Crippen molar-refractivity contribution in [1.29, 1.82) is 0 Å². The van der Waals surface area contributed by atoms with E-state index in [9.17, 15) is 0 Å². The summed E-state index contributed by atoms with van der Waals surface area (Å²) in [5, 5.41) is 8.96. The summed E-state index contributed by atoms with van der Waals surface area (Å²) in [5.74, 6) is 0. The normalized spacial score (nSPS) is 12.8. The molecule has 0 fully saturated rings. The van der Waals surface area contributed by atoms with Crippen molar-refractivity contribution in [2.75, 3.05) is 40.5 Å². The van der Waals surface area contributed by atoms with Gasteiger partial charge in [-0.15, -0.1) is 0 Å². The average molecular weight is 374 g/mol. The molecule has 0 heterocycles. The maximum atomic E-state index is 8.96. The van der Waals surface area contributed by atoms with Gasteiger partial charge in [-0.2, -0.15) is 0 Å². The molecule has 0 aromatic carbocycles. The third-order valence-electron chi connectivity index (χ3n) is 5.12. The number of nitrogens with zero attached hydrogens (tertiary/aromatic N) is 1. The van der Waals surface area contributed by atoms with E-state index in [1.54, 1.807) is 7.11 Å². The summed E-state index contributed by atoms with van der Waals surface area (Å²) >= 11 is 0. The predicted molar refractivity (Wildman–Crippen MR) is 112 cm³/mol. The Labute approximate surface area is 163 Å². The van der Waals surface area contributed by atoms with E-state index in [0.717, 1.165) is 13.0 Å². The monoisotopic (exact) mass is 373 g/mol. The summed E-state index contributed by atoms with van der Waals surface area (Å²) in [6.07, 6.45) is 19.2. The van der Waals surface area contributed by atoms with Crippen molar-refractivity contribution in [3.05, 3.63) is 0 Å². The number of hydrogen-bond acceptors (Lipinski definition) is 4. The summed E-state index contributed by atoms with van der Waals surface area (Å²) in [6.45, 7) is 4.43. The number of rotatable bonds is 21. The molecule has 0 radical (unpaired) electrons. The van der Waals surface area contributed by atoms with E-state index in [-0.39, 0.29) is 12.8 Å². The minimum absolute atomic E-state index is 0.0613. The minimum Gasteiger partial charge on any atom is -0.395 e. The van der Waals surface area contributed by atoms with Crippen LogP contribution in [0.4, 0.5) is 0 Å². The number of aliphatic hydroxyl groups is 1. The highest BCUT2D eigenvalue weighted by Crippen LogP contribution is 2.13. The van der Waals surface area contributed by atoms with Gasteiger partial charge in [0.2, 0.25) is 0 Å². The minimum atomic E-state index is -0.0613. The van der Waals surface area contributed by atoms with Crippen LogP contribution in [0.3, 0.4) is 0 Å². The smallest absolute Gasteiger partial charge is 0.133 e. The van der Waals surface area contributed by atoms with Gasteiger partial charge in [0, 0.05) is 20.3 Å². The molecule has 1 N–H and O–H groups in total. The number of ether oxygens (including phenoxy) is 2. The molecule has 0 aliphatic carbocycles. The maximum absolute atomic E-state index is 8.96. The van der Waals surface area contributed by atoms with Gasteiger partial charge >= 0.3 is 0 Å². The van der Waals surface area contributed by atoms with Crippen LogP contribution in [0.2, 0.25) is 0 Å². The first-order valence-electron chi connectivity index (χ1n) is 11.2. The van der Waals surface area contributed by atoms with E-state index in [1.165, 1.54) is 83.5 Å². The molecular formula is C22H47NO3. The lowest BCUT2D eigenvalue weighted by Gasteiger charge is -2.25. The fraction of sp³-hybridized carbons (Fsp3) is 1.00. The topological polar surface area (TPSA) is 41.9 Å². The summed E-state index contributed by atoms with van der Waals surface area (Å²) in [7, 11) is 3.63. The Morgan fingerprint density at radius 3 is 1.65 bits per heavy atom. The van der Waals surface area contributed by atoms with Crippen LogP contribution in [0.1, 0.15) is 96.8 Å². The Balaban J connectivity index is 3.21. The van der Waals surface area contributed by atoms with Crippen LogP contribution in [0.25, 0.3) is 0 Å². The Kier molecular flexibility index (Phi) is 21.0. The van der Waals surface area contributed by atoms with Crippen molar-refractivity contribution < 1.29 is 14.6 Å². The van der Waals surface area contributed by atoms with Crippen LogP contribution in [-0.2, 0) is 9.47 Å². The van der Waals surface area contributed by atoms with Crippen molar-refractivity contribution in [3.8, 4) is 0 Å². The summed E-state index contributed by atoms with van der Waals surface area (Å²) < 4.78 is 11.1. The van der Waals surface area contributed by atoms with Gasteiger partial charge in [0.15, 0.2) is 0 Å². The zero-order chi connectivity index (χ0) is 19.3. The predicted octanol–water partition coefficient (Wildman–Crippen LogP) is 5.38. The molecule has 0 amide bonds. The molecule has 0 rings (SSSR count). The molecule has 26 heavy (non-hydrogen) atoms. The summed E-state index contributed by atoms with van der Waals surface area (Å²) in [6, 6.07) is 0. The standard InChI is InChI=1S/C22H47NO3/c1-4-5-6-7-8-9-10-11-12-13-14-15-16-17-20-26-21-22(25-3)23(2)18-19-24/h22,24H,4-21H2,1-3H3. The number of likely N-dealkylation sites (N-methyl/N-ethyl adjacent to an activating group) is 1. The first-order valence-corrected chi connectivity index (χ1v) is 11.2. The maximum Gasteiger partial charge on any atom is 0.133 e. The zero-order valence-corrected chi connectivity index (χ0v) is 18.0. The van der Waals surface area contributed by atoms with Crippen molar-refractivity contribution in [1.82, 2.24) is 4.90 Å². The Bertz CT molecular complexity index is 264. The SMILES string of the molecule is CCCCCCCCCCCCCCCCOCC(OC)N(C)CCO. The lowest BCUT2D eigenvalue weighted by atomic mass is 10.0. The van der Waals surface area contributed by atoms with E-state index in [2.05, 4.69) is 6.92 Å². The molecule has 0 spiro atoms. The van der Waals surface area contributed by atoms with Gasteiger partial charge in [-0.1, -0.05) is 90.4 Å². The molecule has 0 aliphatic heterocycles. The van der Waals surface area contributed by atoms with Crippen molar-refractivity contribution in [2.45, 2.75) is 103 Å². The van der Waals surface area contributed by atoms with E-state index in [1.807, 2.05) is 11.9 Å². The van der Waals surface area contributed by atoms with Gasteiger partial charge in [-0.25, -0.2) is 0 Å². The van der Waals surface area contributed by atoms with Crippen molar-refractivity contribution >= 4 is 0 Å². The Morgan fingerprint density at radius 1 is 0.769 bits per heavy atom. The molecule has 0 saturated carbocycles. The van der Waals surface area contributed by atoms with Crippen LogP contribution in [0, 0.1) is 0 Å². The van der Waals surface area contributed by atoms with Gasteiger partial charge in [0.05, 0.1) is 13.2 Å². The molecule has 0 aromatic rings. The number of methoxy groups -OCH3 is 1. The molecule has 4 nitrogen and oxygen atoms in total. The fourth-order valence-electron chi connectivity index (χ4n) is 3.26. The van der Waals surface area contributed by atoms with Crippen LogP contribution in [0.5, 0.6) is 0 Å². The molecule has 0 saturated heterocycles. The second-order valence-corrected chi connectivity index (χ2v) is 7.57. The summed E-state index contributed by atoms with van der Waals surface area (Å²) in [4.78, 5) is 1.98. The molecule has 4 heteroatoms. The molecule has 158 valence electrons. The van der Waals surface area contributed by atoms with Crippen LogP contribution in [0.15, 0.2) is 0 Å². The molecular weight excluding hydrogens is 326 g/mol. The summed E-state index contributed by atoms with van der Waals surface area (Å²) in [5.41, 5.74) is 0. The number of hydrogen-bond donors (Lipinski definition) is 1. The molecule has 1 unspecified atom stereocenters. The third kappa shape index (κ3) is 17.3. The van der Waals surface area contributed by atoms with E-state index in [4.69, 9.17) is 14.6 Å². The molecule has 0 aliphatic rings. The van der Waals surface area contributed by atoms with Gasteiger partial charge in [-0.3, -0.25) is 4.90 Å². The molecule has 0 bridgehead atoms. The lowest BCUT2D eigenvalue weighted by molar-refractivity contribution is -0.0764. The van der Waals surface area contributed by atoms with Crippen LogP contribution in [-0.4, -0.2) is 56.8 Å². The molecule has 0 aromatic heterocycles.